The van der Waals surface area contributed by atoms with Crippen molar-refractivity contribution in [2.24, 2.45) is 0 Å². The molecule has 0 unspecified atom stereocenters. The average Bonchev–Trinajstić information content (AvgIpc) is 2.99. The lowest BCUT2D eigenvalue weighted by atomic mass is 10.0. The number of benzene rings is 2. The molecule has 106 valence electrons. The van der Waals surface area contributed by atoms with E-state index < -0.39 is 0 Å². The lowest BCUT2D eigenvalue weighted by Crippen LogP contribution is -1.85. The number of nitrogens with zero attached hydrogens (tertiary/aromatic N) is 3. The molecule has 22 heavy (non-hydrogen) atoms. The fourth-order valence-corrected chi connectivity index (χ4v) is 2.85. The predicted octanol–water partition coefficient (Wildman–Crippen LogP) is 4.83. The molecule has 0 aliphatic rings. The van der Waals surface area contributed by atoms with E-state index in [-0.39, 0.29) is 0 Å². The summed E-state index contributed by atoms with van der Waals surface area (Å²) in [6.45, 7) is 0. The zero-order valence-corrected chi connectivity index (χ0v) is 13.2. The molecule has 0 radical (unpaired) electrons. The third-order valence-corrected chi connectivity index (χ3v) is 4.11. The van der Waals surface area contributed by atoms with Crippen molar-refractivity contribution in [2.45, 2.75) is 0 Å². The highest BCUT2D eigenvalue weighted by Crippen LogP contribution is 2.26. The maximum atomic E-state index is 4.30. The van der Waals surface area contributed by atoms with Gasteiger partial charge in [-0.05, 0) is 39.2 Å². The predicted molar refractivity (Wildman–Crippen MR) is 91.6 cm³/mol. The molecule has 0 bridgehead atoms. The molecule has 3 nitrogen and oxygen atoms in total. The quantitative estimate of drug-likeness (QED) is 0.519. The van der Waals surface area contributed by atoms with Gasteiger partial charge in [-0.1, -0.05) is 59.8 Å². The van der Waals surface area contributed by atoms with Gasteiger partial charge in [0.25, 0.3) is 0 Å². The van der Waals surface area contributed by atoms with E-state index in [2.05, 4.69) is 62.6 Å². The molecular weight excluding hydrogens is 338 g/mol. The molecule has 4 rings (SSSR count). The normalized spacial score (nSPS) is 11.0. The molecule has 2 aromatic carbocycles. The standard InChI is InChI=1S/C18H12BrN3/c19-16-10-11-17-18(20-21-22(17)12-16)15-8-6-14(7-9-15)13-4-2-1-3-5-13/h1-12H. The number of hydrogen-bond acceptors (Lipinski definition) is 2. The molecule has 0 fully saturated rings. The number of rotatable bonds is 2. The van der Waals surface area contributed by atoms with Crippen LogP contribution in [0.3, 0.4) is 0 Å². The van der Waals surface area contributed by atoms with Crippen molar-refractivity contribution in [1.29, 1.82) is 0 Å². The van der Waals surface area contributed by atoms with Crippen molar-refractivity contribution < 1.29 is 0 Å². The molecule has 0 spiro atoms. The Morgan fingerprint density at radius 1 is 0.727 bits per heavy atom. The van der Waals surface area contributed by atoms with Crippen LogP contribution in [0.5, 0.6) is 0 Å². The fraction of sp³-hybridized carbons (Fsp3) is 0. The number of hydrogen-bond donors (Lipinski definition) is 0. The molecule has 4 aromatic rings. The molecule has 0 aliphatic heterocycles. The smallest absolute Gasteiger partial charge is 0.120 e. The Morgan fingerprint density at radius 2 is 1.41 bits per heavy atom. The van der Waals surface area contributed by atoms with Crippen LogP contribution in [0.25, 0.3) is 27.9 Å². The topological polar surface area (TPSA) is 30.2 Å². The highest BCUT2D eigenvalue weighted by molar-refractivity contribution is 9.10. The molecule has 0 aliphatic carbocycles. The van der Waals surface area contributed by atoms with Crippen LogP contribution < -0.4 is 0 Å². The summed E-state index contributed by atoms with van der Waals surface area (Å²) in [6, 6.07) is 22.8. The first-order valence-corrected chi connectivity index (χ1v) is 7.77. The summed E-state index contributed by atoms with van der Waals surface area (Å²) >= 11 is 3.44. The first-order valence-electron chi connectivity index (χ1n) is 6.98. The molecule has 0 atom stereocenters. The van der Waals surface area contributed by atoms with Crippen LogP contribution >= 0.6 is 15.9 Å². The Balaban J connectivity index is 1.76. The highest BCUT2D eigenvalue weighted by Gasteiger charge is 2.09. The largest absolute Gasteiger partial charge is 0.219 e. The maximum absolute atomic E-state index is 4.30. The lowest BCUT2D eigenvalue weighted by Gasteiger charge is -2.03. The van der Waals surface area contributed by atoms with Crippen molar-refractivity contribution in [2.75, 3.05) is 0 Å². The van der Waals surface area contributed by atoms with E-state index in [4.69, 9.17) is 0 Å². The van der Waals surface area contributed by atoms with E-state index in [1.807, 2.05) is 36.5 Å². The van der Waals surface area contributed by atoms with Crippen LogP contribution in [0.15, 0.2) is 77.4 Å². The van der Waals surface area contributed by atoms with Gasteiger partial charge < -0.3 is 0 Å². The Hall–Kier alpha value is -2.46. The summed E-state index contributed by atoms with van der Waals surface area (Å²) in [5.41, 5.74) is 5.37. The van der Waals surface area contributed by atoms with Gasteiger partial charge >= 0.3 is 0 Å². The van der Waals surface area contributed by atoms with Crippen molar-refractivity contribution >= 4 is 21.4 Å². The van der Waals surface area contributed by atoms with Gasteiger partial charge in [-0.25, -0.2) is 4.52 Å². The second-order valence-electron chi connectivity index (χ2n) is 5.06. The number of pyridine rings is 1. The zero-order valence-electron chi connectivity index (χ0n) is 11.6. The van der Waals surface area contributed by atoms with Gasteiger partial charge in [0.15, 0.2) is 0 Å². The summed E-state index contributed by atoms with van der Waals surface area (Å²) in [7, 11) is 0. The summed E-state index contributed by atoms with van der Waals surface area (Å²) in [4.78, 5) is 0. The monoisotopic (exact) mass is 349 g/mol. The van der Waals surface area contributed by atoms with Crippen molar-refractivity contribution in [3.8, 4) is 22.4 Å². The number of halogens is 1. The minimum atomic E-state index is 0.895. The maximum Gasteiger partial charge on any atom is 0.120 e. The first kappa shape index (κ1) is 13.2. The van der Waals surface area contributed by atoms with Crippen LogP contribution in [0.4, 0.5) is 0 Å². The molecule has 0 saturated carbocycles. The van der Waals surface area contributed by atoms with E-state index in [0.717, 1.165) is 21.2 Å². The van der Waals surface area contributed by atoms with Crippen LogP contribution in [0, 0.1) is 0 Å². The summed E-state index contributed by atoms with van der Waals surface area (Å²) in [6.07, 6.45) is 1.91. The Bertz CT molecular complexity index is 928. The van der Waals surface area contributed by atoms with Crippen molar-refractivity contribution in [3.05, 3.63) is 77.4 Å². The fourth-order valence-electron chi connectivity index (χ4n) is 2.53. The van der Waals surface area contributed by atoms with E-state index in [1.165, 1.54) is 11.1 Å². The van der Waals surface area contributed by atoms with Gasteiger partial charge in [0.1, 0.15) is 5.69 Å². The van der Waals surface area contributed by atoms with Gasteiger partial charge in [-0.2, -0.15) is 0 Å². The van der Waals surface area contributed by atoms with Gasteiger partial charge in [-0.3, -0.25) is 0 Å². The third-order valence-electron chi connectivity index (χ3n) is 3.64. The molecule has 4 heteroatoms. The zero-order chi connectivity index (χ0) is 14.9. The third kappa shape index (κ3) is 2.31. The summed E-state index contributed by atoms with van der Waals surface area (Å²) < 4.78 is 2.76. The Labute approximate surface area is 136 Å². The van der Waals surface area contributed by atoms with Crippen molar-refractivity contribution in [3.63, 3.8) is 0 Å². The second kappa shape index (κ2) is 5.39. The molecule has 0 amide bonds. The van der Waals surface area contributed by atoms with Gasteiger partial charge in [-0.15, -0.1) is 5.10 Å². The Morgan fingerprint density at radius 3 is 2.18 bits per heavy atom. The van der Waals surface area contributed by atoms with Crippen molar-refractivity contribution in [1.82, 2.24) is 14.8 Å². The van der Waals surface area contributed by atoms with Gasteiger partial charge in [0, 0.05) is 16.2 Å². The summed E-state index contributed by atoms with van der Waals surface area (Å²) in [5.74, 6) is 0. The second-order valence-corrected chi connectivity index (χ2v) is 5.97. The number of fused-ring (bicyclic) bond motifs is 1. The van der Waals surface area contributed by atoms with E-state index in [0.29, 0.717) is 0 Å². The van der Waals surface area contributed by atoms with E-state index in [1.54, 1.807) is 4.52 Å². The SMILES string of the molecule is Brc1ccc2c(-c3ccc(-c4ccccc4)cc3)nnn2c1. The van der Waals surface area contributed by atoms with E-state index >= 15 is 0 Å². The Kier molecular flexibility index (Phi) is 3.24. The minimum absolute atomic E-state index is 0.895. The molecule has 2 heterocycles. The average molecular weight is 350 g/mol. The van der Waals surface area contributed by atoms with Crippen LogP contribution in [-0.2, 0) is 0 Å². The highest BCUT2D eigenvalue weighted by atomic mass is 79.9. The van der Waals surface area contributed by atoms with Crippen LogP contribution in [-0.4, -0.2) is 14.8 Å². The first-order chi connectivity index (χ1) is 10.8. The van der Waals surface area contributed by atoms with Gasteiger partial charge in [0.05, 0.1) is 5.52 Å². The summed E-state index contributed by atoms with van der Waals surface area (Å²) in [5, 5.41) is 8.47. The number of aromatic nitrogens is 3. The lowest BCUT2D eigenvalue weighted by molar-refractivity contribution is 0.854. The molecular formula is C18H12BrN3. The molecule has 0 saturated heterocycles. The van der Waals surface area contributed by atoms with Gasteiger partial charge in [0.2, 0.25) is 0 Å². The molecule has 2 aromatic heterocycles. The van der Waals surface area contributed by atoms with Crippen LogP contribution in [0.1, 0.15) is 0 Å². The molecule has 0 N–H and O–H groups in total. The minimum Gasteiger partial charge on any atom is -0.219 e. The van der Waals surface area contributed by atoms with Crippen LogP contribution in [0.2, 0.25) is 0 Å². The van der Waals surface area contributed by atoms with E-state index in [9.17, 15) is 0 Å².